The molecule has 5 heteroatoms. The van der Waals surface area contributed by atoms with Crippen LogP contribution in [0.3, 0.4) is 0 Å². The Balaban J connectivity index is 1.83. The van der Waals surface area contributed by atoms with Crippen molar-refractivity contribution in [3.8, 4) is 0 Å². The second kappa shape index (κ2) is 8.64. The minimum Gasteiger partial charge on any atom is -0.452 e. The fourth-order valence-electron chi connectivity index (χ4n) is 2.21. The van der Waals surface area contributed by atoms with Crippen molar-refractivity contribution in [3.63, 3.8) is 0 Å². The van der Waals surface area contributed by atoms with Crippen LogP contribution in [0.15, 0.2) is 53.0 Å². The van der Waals surface area contributed by atoms with Gasteiger partial charge in [-0.15, -0.1) is 0 Å². The number of carbonyl (C=O) groups is 2. The maximum absolute atomic E-state index is 11.9. The maximum Gasteiger partial charge on any atom is 0.338 e. The highest BCUT2D eigenvalue weighted by atomic mass is 79.9. The number of benzene rings is 2. The summed E-state index contributed by atoms with van der Waals surface area (Å²) in [5, 5.41) is 2.83. The molecule has 0 aliphatic heterocycles. The molecule has 0 spiro atoms. The van der Waals surface area contributed by atoms with Crippen LogP contribution in [0.25, 0.3) is 0 Å². The van der Waals surface area contributed by atoms with E-state index in [-0.39, 0.29) is 18.6 Å². The summed E-state index contributed by atoms with van der Waals surface area (Å²) < 4.78 is 5.91. The van der Waals surface area contributed by atoms with Gasteiger partial charge in [0.25, 0.3) is 5.91 Å². The van der Waals surface area contributed by atoms with E-state index in [1.807, 2.05) is 31.2 Å². The molecule has 2 aromatic carbocycles. The fraction of sp³-hybridized carbons (Fsp3) is 0.263. The predicted octanol–water partition coefficient (Wildman–Crippen LogP) is 4.05. The summed E-state index contributed by atoms with van der Waals surface area (Å²) >= 11 is 3.30. The van der Waals surface area contributed by atoms with Gasteiger partial charge in [0.15, 0.2) is 6.61 Å². The van der Waals surface area contributed by atoms with E-state index in [1.165, 1.54) is 5.56 Å². The van der Waals surface area contributed by atoms with E-state index >= 15 is 0 Å². The first-order valence-electron chi connectivity index (χ1n) is 7.80. The third-order valence-corrected chi connectivity index (χ3v) is 4.21. The van der Waals surface area contributed by atoms with Gasteiger partial charge in [0, 0.05) is 4.47 Å². The Hall–Kier alpha value is -2.14. The molecule has 0 aliphatic rings. The van der Waals surface area contributed by atoms with E-state index in [0.717, 1.165) is 16.5 Å². The zero-order valence-corrected chi connectivity index (χ0v) is 15.3. The summed E-state index contributed by atoms with van der Waals surface area (Å²) in [5.41, 5.74) is 2.68. The molecule has 0 fully saturated rings. The largest absolute Gasteiger partial charge is 0.452 e. The van der Waals surface area contributed by atoms with Gasteiger partial charge in [0.05, 0.1) is 11.6 Å². The van der Waals surface area contributed by atoms with E-state index in [1.54, 1.807) is 24.3 Å². The van der Waals surface area contributed by atoms with Crippen molar-refractivity contribution in [2.45, 2.75) is 26.3 Å². The van der Waals surface area contributed by atoms with Crippen LogP contribution >= 0.6 is 15.9 Å². The molecule has 0 aromatic heterocycles. The van der Waals surface area contributed by atoms with Crippen LogP contribution in [0.2, 0.25) is 0 Å². The predicted molar refractivity (Wildman–Crippen MR) is 96.8 cm³/mol. The lowest BCUT2D eigenvalue weighted by atomic mass is 10.1. The summed E-state index contributed by atoms with van der Waals surface area (Å²) in [6, 6.07) is 14.7. The van der Waals surface area contributed by atoms with Gasteiger partial charge >= 0.3 is 5.97 Å². The first-order chi connectivity index (χ1) is 11.5. The van der Waals surface area contributed by atoms with Gasteiger partial charge in [0.2, 0.25) is 0 Å². The molecule has 2 rings (SSSR count). The lowest BCUT2D eigenvalue weighted by Gasteiger charge is -2.15. The third kappa shape index (κ3) is 5.20. The molecule has 126 valence electrons. The van der Waals surface area contributed by atoms with Gasteiger partial charge in [-0.1, -0.05) is 47.1 Å². The molecule has 0 saturated heterocycles. The minimum absolute atomic E-state index is 0.144. The highest BCUT2D eigenvalue weighted by Crippen LogP contribution is 2.14. The molecule has 0 heterocycles. The van der Waals surface area contributed by atoms with Crippen molar-refractivity contribution in [1.29, 1.82) is 0 Å². The first-order valence-corrected chi connectivity index (χ1v) is 8.59. The molecule has 0 bridgehead atoms. The highest BCUT2D eigenvalue weighted by Gasteiger charge is 2.13. The van der Waals surface area contributed by atoms with Crippen LogP contribution in [-0.2, 0) is 16.0 Å². The van der Waals surface area contributed by atoms with Crippen LogP contribution in [0, 0.1) is 0 Å². The minimum atomic E-state index is -0.516. The van der Waals surface area contributed by atoms with Crippen LogP contribution in [0.4, 0.5) is 0 Å². The van der Waals surface area contributed by atoms with E-state index in [9.17, 15) is 9.59 Å². The molecular formula is C19H20BrNO3. The summed E-state index contributed by atoms with van der Waals surface area (Å²) in [6.07, 6.45) is 0.979. The van der Waals surface area contributed by atoms with Gasteiger partial charge in [-0.05, 0) is 48.7 Å². The van der Waals surface area contributed by atoms with Crippen molar-refractivity contribution in [1.82, 2.24) is 5.32 Å². The number of amides is 1. The Morgan fingerprint density at radius 2 is 1.71 bits per heavy atom. The van der Waals surface area contributed by atoms with Gasteiger partial charge in [-0.3, -0.25) is 4.79 Å². The smallest absolute Gasteiger partial charge is 0.338 e. The number of nitrogens with one attached hydrogen (secondary N) is 1. The zero-order chi connectivity index (χ0) is 17.5. The Kier molecular flexibility index (Phi) is 6.55. The number of carbonyl (C=O) groups excluding carboxylic acids is 2. The summed E-state index contributed by atoms with van der Waals surface area (Å²) in [6.45, 7) is 3.70. The van der Waals surface area contributed by atoms with Gasteiger partial charge in [0.1, 0.15) is 0 Å². The number of halogens is 1. The normalized spacial score (nSPS) is 11.6. The molecule has 0 unspecified atom stereocenters. The van der Waals surface area contributed by atoms with E-state index in [0.29, 0.717) is 5.56 Å². The highest BCUT2D eigenvalue weighted by molar-refractivity contribution is 9.10. The Labute approximate surface area is 150 Å². The van der Waals surface area contributed by atoms with Crippen molar-refractivity contribution in [3.05, 3.63) is 69.7 Å². The monoisotopic (exact) mass is 389 g/mol. The molecule has 1 atom stereocenters. The number of esters is 1. The number of hydrogen-bond donors (Lipinski definition) is 1. The quantitative estimate of drug-likeness (QED) is 0.758. The molecule has 0 saturated carbocycles. The Morgan fingerprint density at radius 1 is 1.08 bits per heavy atom. The van der Waals surface area contributed by atoms with Gasteiger partial charge < -0.3 is 10.1 Å². The van der Waals surface area contributed by atoms with Crippen molar-refractivity contribution >= 4 is 27.8 Å². The maximum atomic E-state index is 11.9. The lowest BCUT2D eigenvalue weighted by molar-refractivity contribution is -0.124. The van der Waals surface area contributed by atoms with Crippen LogP contribution < -0.4 is 5.32 Å². The number of aryl methyl sites for hydroxylation is 1. The average Bonchev–Trinajstić information content (AvgIpc) is 2.60. The van der Waals surface area contributed by atoms with Gasteiger partial charge in [-0.25, -0.2) is 4.79 Å². The van der Waals surface area contributed by atoms with Crippen molar-refractivity contribution in [2.24, 2.45) is 0 Å². The number of ether oxygens (including phenoxy) is 1. The summed E-state index contributed by atoms with van der Waals surface area (Å²) in [5.74, 6) is -0.842. The summed E-state index contributed by atoms with van der Waals surface area (Å²) in [7, 11) is 0. The fourth-order valence-corrected chi connectivity index (χ4v) is 2.47. The van der Waals surface area contributed by atoms with Crippen LogP contribution in [0.5, 0.6) is 0 Å². The first kappa shape index (κ1) is 18.2. The van der Waals surface area contributed by atoms with Gasteiger partial charge in [-0.2, -0.15) is 0 Å². The molecule has 0 aliphatic carbocycles. The Morgan fingerprint density at radius 3 is 2.29 bits per heavy atom. The van der Waals surface area contributed by atoms with Crippen LogP contribution in [0.1, 0.15) is 41.4 Å². The molecule has 2 aromatic rings. The number of hydrogen-bond acceptors (Lipinski definition) is 3. The second-order valence-corrected chi connectivity index (χ2v) is 6.38. The van der Waals surface area contributed by atoms with Crippen molar-refractivity contribution < 1.29 is 14.3 Å². The molecule has 1 N–H and O–H groups in total. The molecule has 24 heavy (non-hydrogen) atoms. The average molecular weight is 390 g/mol. The lowest BCUT2D eigenvalue weighted by Crippen LogP contribution is -2.31. The topological polar surface area (TPSA) is 55.4 Å². The Bertz CT molecular complexity index is 696. The van der Waals surface area contributed by atoms with Crippen LogP contribution in [-0.4, -0.2) is 18.5 Å². The zero-order valence-electron chi connectivity index (χ0n) is 13.7. The van der Waals surface area contributed by atoms with E-state index in [2.05, 4.69) is 28.2 Å². The molecule has 0 radical (unpaired) electrons. The van der Waals surface area contributed by atoms with E-state index < -0.39 is 5.97 Å². The van der Waals surface area contributed by atoms with E-state index in [4.69, 9.17) is 4.74 Å². The molecular weight excluding hydrogens is 370 g/mol. The second-order valence-electron chi connectivity index (χ2n) is 5.47. The third-order valence-electron chi connectivity index (χ3n) is 3.68. The standard InChI is InChI=1S/C19H20BrNO3/c1-3-14-4-6-15(7-5-14)13(2)21-18(22)12-24-19(23)16-8-10-17(20)11-9-16/h4-11,13H,3,12H2,1-2H3,(H,21,22)/t13-/m1/s1. The SMILES string of the molecule is CCc1ccc([C@@H](C)NC(=O)COC(=O)c2ccc(Br)cc2)cc1. The molecule has 1 amide bonds. The summed E-state index contributed by atoms with van der Waals surface area (Å²) in [4.78, 5) is 23.8. The van der Waals surface area contributed by atoms with Crippen molar-refractivity contribution in [2.75, 3.05) is 6.61 Å². The molecule has 4 nitrogen and oxygen atoms in total. The number of rotatable bonds is 6.